The zero-order valence-electron chi connectivity index (χ0n) is 10.7. The van der Waals surface area contributed by atoms with Crippen LogP contribution < -0.4 is 11.1 Å². The van der Waals surface area contributed by atoms with Crippen LogP contribution >= 0.6 is 23.2 Å². The number of amides is 2. The van der Waals surface area contributed by atoms with Crippen LogP contribution in [0.15, 0.2) is 24.3 Å². The van der Waals surface area contributed by atoms with Crippen LogP contribution in [0.4, 0.5) is 0 Å². The summed E-state index contributed by atoms with van der Waals surface area (Å²) >= 11 is 11.6. The molecule has 0 aliphatic heterocycles. The van der Waals surface area contributed by atoms with Gasteiger partial charge in [-0.2, -0.15) is 0 Å². The van der Waals surface area contributed by atoms with Crippen LogP contribution in [0.2, 0.25) is 10.0 Å². The van der Waals surface area contributed by atoms with Gasteiger partial charge in [0.1, 0.15) is 6.04 Å². The number of carbonyl (C=O) groups is 3. The number of halogens is 2. The Hall–Kier alpha value is -2.05. The lowest BCUT2D eigenvalue weighted by molar-refractivity contribution is -0.142. The van der Waals surface area contributed by atoms with Crippen molar-refractivity contribution in [2.45, 2.75) is 12.5 Å². The third kappa shape index (κ3) is 5.85. The smallest absolute Gasteiger partial charge is 0.326 e. The van der Waals surface area contributed by atoms with Gasteiger partial charge in [0, 0.05) is 6.08 Å². The molecule has 0 radical (unpaired) electrons. The molecule has 1 aromatic rings. The minimum absolute atomic E-state index is 0.330. The molecule has 0 fully saturated rings. The largest absolute Gasteiger partial charge is 0.480 e. The number of nitrogens with one attached hydrogen (secondary N) is 1. The van der Waals surface area contributed by atoms with Crippen LogP contribution in [-0.2, 0) is 14.4 Å². The molecule has 1 aromatic carbocycles. The molecule has 8 heteroatoms. The summed E-state index contributed by atoms with van der Waals surface area (Å²) < 4.78 is 0. The molecule has 6 nitrogen and oxygen atoms in total. The Morgan fingerprint density at radius 1 is 1.29 bits per heavy atom. The average Bonchev–Trinajstić information content (AvgIpc) is 2.38. The predicted octanol–water partition coefficient (Wildman–Crippen LogP) is 1.45. The predicted molar refractivity (Wildman–Crippen MR) is 78.9 cm³/mol. The van der Waals surface area contributed by atoms with Crippen molar-refractivity contribution in [1.82, 2.24) is 5.32 Å². The maximum absolute atomic E-state index is 11.6. The van der Waals surface area contributed by atoms with E-state index < -0.39 is 30.2 Å². The van der Waals surface area contributed by atoms with E-state index in [1.54, 1.807) is 18.2 Å². The van der Waals surface area contributed by atoms with Gasteiger partial charge in [0.05, 0.1) is 16.5 Å². The fraction of sp³-hybridized carbons (Fsp3) is 0.154. The summed E-state index contributed by atoms with van der Waals surface area (Å²) in [7, 11) is 0. The van der Waals surface area contributed by atoms with Crippen LogP contribution in [0.1, 0.15) is 12.0 Å². The van der Waals surface area contributed by atoms with Gasteiger partial charge in [-0.3, -0.25) is 9.59 Å². The molecule has 0 spiro atoms. The molecule has 1 rings (SSSR count). The molecule has 0 saturated carbocycles. The van der Waals surface area contributed by atoms with Gasteiger partial charge < -0.3 is 16.2 Å². The summed E-state index contributed by atoms with van der Waals surface area (Å²) in [4.78, 5) is 33.1. The van der Waals surface area contributed by atoms with Gasteiger partial charge in [0.15, 0.2) is 0 Å². The summed E-state index contributed by atoms with van der Waals surface area (Å²) in [6.07, 6.45) is 2.07. The second-order valence-corrected chi connectivity index (χ2v) is 4.89. The van der Waals surface area contributed by atoms with Crippen molar-refractivity contribution < 1.29 is 19.5 Å². The highest BCUT2D eigenvalue weighted by Crippen LogP contribution is 2.23. The zero-order chi connectivity index (χ0) is 16.0. The Balaban J connectivity index is 2.70. The molecule has 0 heterocycles. The number of rotatable bonds is 6. The number of benzene rings is 1. The topological polar surface area (TPSA) is 109 Å². The molecule has 21 heavy (non-hydrogen) atoms. The van der Waals surface area contributed by atoms with E-state index >= 15 is 0 Å². The number of carbonyl (C=O) groups excluding carboxylic acids is 2. The molecule has 0 saturated heterocycles. The summed E-state index contributed by atoms with van der Waals surface area (Å²) in [5, 5.41) is 11.7. The van der Waals surface area contributed by atoms with Crippen molar-refractivity contribution in [2.24, 2.45) is 5.73 Å². The minimum Gasteiger partial charge on any atom is -0.480 e. The van der Waals surface area contributed by atoms with E-state index in [-0.39, 0.29) is 0 Å². The highest BCUT2D eigenvalue weighted by Gasteiger charge is 2.20. The molecule has 0 aliphatic rings. The first-order chi connectivity index (χ1) is 9.79. The van der Waals surface area contributed by atoms with Crippen molar-refractivity contribution in [3.63, 3.8) is 0 Å². The van der Waals surface area contributed by atoms with E-state index in [0.29, 0.717) is 15.6 Å². The molecule has 2 amide bonds. The Kier molecular flexibility index (Phi) is 6.20. The van der Waals surface area contributed by atoms with E-state index in [9.17, 15) is 14.4 Å². The van der Waals surface area contributed by atoms with E-state index in [4.69, 9.17) is 34.0 Å². The lowest BCUT2D eigenvalue weighted by Crippen LogP contribution is -2.42. The third-order valence-corrected chi connectivity index (χ3v) is 3.13. The molecule has 1 unspecified atom stereocenters. The minimum atomic E-state index is -1.37. The van der Waals surface area contributed by atoms with Crippen molar-refractivity contribution in [3.8, 4) is 0 Å². The van der Waals surface area contributed by atoms with Crippen LogP contribution in [0.5, 0.6) is 0 Å². The van der Waals surface area contributed by atoms with Gasteiger partial charge in [-0.1, -0.05) is 29.3 Å². The summed E-state index contributed by atoms with van der Waals surface area (Å²) in [5.74, 6) is -2.84. The fourth-order valence-electron chi connectivity index (χ4n) is 1.41. The number of hydrogen-bond donors (Lipinski definition) is 3. The number of carboxylic acids is 1. The number of hydrogen-bond acceptors (Lipinski definition) is 3. The first kappa shape index (κ1) is 17.0. The molecule has 0 aliphatic carbocycles. The second-order valence-electron chi connectivity index (χ2n) is 4.08. The van der Waals surface area contributed by atoms with Gasteiger partial charge >= 0.3 is 5.97 Å². The SMILES string of the molecule is NC(=O)CC(NC(=O)/C=C/c1ccc(Cl)c(Cl)c1)C(=O)O. The summed E-state index contributed by atoms with van der Waals surface area (Å²) in [5.41, 5.74) is 5.52. The second kappa shape index (κ2) is 7.66. The quantitative estimate of drug-likeness (QED) is 0.685. The Morgan fingerprint density at radius 3 is 2.48 bits per heavy atom. The van der Waals surface area contributed by atoms with Gasteiger partial charge in [0.25, 0.3) is 0 Å². The van der Waals surface area contributed by atoms with E-state index in [1.165, 1.54) is 6.08 Å². The normalized spacial score (nSPS) is 12.1. The molecule has 4 N–H and O–H groups in total. The molecular formula is C13H12Cl2N2O4. The van der Waals surface area contributed by atoms with E-state index in [0.717, 1.165) is 6.08 Å². The van der Waals surface area contributed by atoms with E-state index in [2.05, 4.69) is 5.32 Å². The van der Waals surface area contributed by atoms with Crippen LogP contribution in [0.3, 0.4) is 0 Å². The molecular weight excluding hydrogens is 319 g/mol. The maximum Gasteiger partial charge on any atom is 0.326 e. The highest BCUT2D eigenvalue weighted by molar-refractivity contribution is 6.42. The lowest BCUT2D eigenvalue weighted by atomic mass is 10.2. The van der Waals surface area contributed by atoms with Crippen molar-refractivity contribution in [2.75, 3.05) is 0 Å². The monoisotopic (exact) mass is 330 g/mol. The Labute approximate surface area is 130 Å². The fourth-order valence-corrected chi connectivity index (χ4v) is 1.72. The standard InChI is InChI=1S/C13H12Cl2N2O4/c14-8-3-1-7(5-9(8)15)2-4-12(19)17-10(13(20)21)6-11(16)18/h1-5,10H,6H2,(H2,16,18)(H,17,19)(H,20,21)/b4-2+. The number of carboxylic acid groups (broad SMARTS) is 1. The van der Waals surface area contributed by atoms with Gasteiger partial charge in [0.2, 0.25) is 11.8 Å². The summed E-state index contributed by atoms with van der Waals surface area (Å²) in [6, 6.07) is 3.38. The van der Waals surface area contributed by atoms with Gasteiger partial charge in [-0.25, -0.2) is 4.79 Å². The molecule has 1 atom stereocenters. The molecule has 0 aromatic heterocycles. The van der Waals surface area contributed by atoms with Crippen molar-refractivity contribution >= 4 is 47.1 Å². The first-order valence-corrected chi connectivity index (χ1v) is 6.50. The Morgan fingerprint density at radius 2 is 1.95 bits per heavy atom. The summed E-state index contributed by atoms with van der Waals surface area (Å²) in [6.45, 7) is 0. The molecule has 112 valence electrons. The van der Waals surface area contributed by atoms with Crippen molar-refractivity contribution in [1.29, 1.82) is 0 Å². The average molecular weight is 331 g/mol. The van der Waals surface area contributed by atoms with Crippen LogP contribution in [-0.4, -0.2) is 28.9 Å². The maximum atomic E-state index is 11.6. The van der Waals surface area contributed by atoms with Gasteiger partial charge in [-0.15, -0.1) is 0 Å². The number of nitrogens with two attached hydrogens (primary N) is 1. The van der Waals surface area contributed by atoms with Crippen LogP contribution in [0.25, 0.3) is 6.08 Å². The zero-order valence-corrected chi connectivity index (χ0v) is 12.2. The molecule has 0 bridgehead atoms. The van der Waals surface area contributed by atoms with Crippen LogP contribution in [0, 0.1) is 0 Å². The first-order valence-electron chi connectivity index (χ1n) is 5.74. The lowest BCUT2D eigenvalue weighted by Gasteiger charge is -2.10. The van der Waals surface area contributed by atoms with Gasteiger partial charge in [-0.05, 0) is 23.8 Å². The Bertz CT molecular complexity index is 602. The highest BCUT2D eigenvalue weighted by atomic mass is 35.5. The third-order valence-electron chi connectivity index (χ3n) is 2.39. The number of aliphatic carboxylic acids is 1. The number of primary amides is 1. The van der Waals surface area contributed by atoms with Crippen molar-refractivity contribution in [3.05, 3.63) is 39.9 Å². The van der Waals surface area contributed by atoms with E-state index in [1.807, 2.05) is 0 Å².